The van der Waals surface area contributed by atoms with Gasteiger partial charge in [-0.1, -0.05) is 66.7 Å². The Bertz CT molecular complexity index is 757. The van der Waals surface area contributed by atoms with Gasteiger partial charge in [0.2, 0.25) is 0 Å². The molecule has 0 fully saturated rings. The minimum absolute atomic E-state index is 1.03. The fourth-order valence-electron chi connectivity index (χ4n) is 3.20. The highest BCUT2D eigenvalue weighted by Gasteiger charge is 2.17. The molecular weight excluding hydrogens is 280 g/mol. The Morgan fingerprint density at radius 3 is 2.13 bits per heavy atom. The second-order valence-corrected chi connectivity index (χ2v) is 6.02. The third kappa shape index (κ3) is 2.85. The maximum atomic E-state index is 4.96. The van der Waals surface area contributed by atoms with Crippen LogP contribution in [0.5, 0.6) is 0 Å². The summed E-state index contributed by atoms with van der Waals surface area (Å²) in [7, 11) is 0. The van der Waals surface area contributed by atoms with Crippen LogP contribution < -0.4 is 0 Å². The quantitative estimate of drug-likeness (QED) is 0.660. The summed E-state index contributed by atoms with van der Waals surface area (Å²) < 4.78 is 0. The van der Waals surface area contributed by atoms with Crippen molar-refractivity contribution in [3.63, 3.8) is 0 Å². The summed E-state index contributed by atoms with van der Waals surface area (Å²) in [5.74, 6) is 1.03. The molecule has 0 bridgehead atoms. The van der Waals surface area contributed by atoms with Gasteiger partial charge in [-0.15, -0.1) is 0 Å². The molecule has 1 N–H and O–H groups in total. The van der Waals surface area contributed by atoms with Gasteiger partial charge in [0.1, 0.15) is 5.82 Å². The third-order valence-electron chi connectivity index (χ3n) is 4.41. The highest BCUT2D eigenvalue weighted by atomic mass is 14.9. The fraction of sp³-hybridized carbons (Fsp3) is 0.190. The van der Waals surface area contributed by atoms with E-state index in [1.54, 1.807) is 0 Å². The van der Waals surface area contributed by atoms with Crippen LogP contribution in [0.25, 0.3) is 28.1 Å². The molecule has 1 aliphatic carbocycles. The zero-order chi connectivity index (χ0) is 15.5. The number of aromatic nitrogens is 2. The lowest BCUT2D eigenvalue weighted by molar-refractivity contribution is 0.738. The van der Waals surface area contributed by atoms with Crippen LogP contribution in [0.15, 0.2) is 66.7 Å². The van der Waals surface area contributed by atoms with E-state index >= 15 is 0 Å². The summed E-state index contributed by atoms with van der Waals surface area (Å²) in [4.78, 5) is 8.54. The molecular formula is C21H20N2. The molecule has 3 aromatic rings. The maximum absolute atomic E-state index is 4.96. The van der Waals surface area contributed by atoms with Crippen LogP contribution >= 0.6 is 0 Å². The topological polar surface area (TPSA) is 28.7 Å². The normalized spacial score (nSPS) is 14.5. The van der Waals surface area contributed by atoms with Crippen LogP contribution in [0.2, 0.25) is 0 Å². The van der Waals surface area contributed by atoms with Crippen molar-refractivity contribution in [2.45, 2.75) is 25.7 Å². The molecule has 0 saturated heterocycles. The van der Waals surface area contributed by atoms with Crippen molar-refractivity contribution in [1.29, 1.82) is 0 Å². The van der Waals surface area contributed by atoms with Gasteiger partial charge in [0.05, 0.1) is 11.4 Å². The molecule has 0 aliphatic heterocycles. The largest absolute Gasteiger partial charge is 0.338 e. The lowest BCUT2D eigenvalue weighted by atomic mass is 9.99. The average Bonchev–Trinajstić information content (AvgIpc) is 3.09. The Hall–Kier alpha value is -2.61. The van der Waals surface area contributed by atoms with Crippen LogP contribution in [0.1, 0.15) is 31.5 Å². The number of allylic oxidation sites excluding steroid dienone is 2. The molecule has 0 saturated carbocycles. The van der Waals surface area contributed by atoms with E-state index in [9.17, 15) is 0 Å². The smallest absolute Gasteiger partial charge is 0.134 e. The van der Waals surface area contributed by atoms with E-state index in [0.29, 0.717) is 0 Å². The summed E-state index contributed by atoms with van der Waals surface area (Å²) in [5, 5.41) is 0. The Kier molecular flexibility index (Phi) is 3.81. The first-order valence-electron chi connectivity index (χ1n) is 8.32. The van der Waals surface area contributed by atoms with E-state index in [1.807, 2.05) is 12.1 Å². The van der Waals surface area contributed by atoms with Gasteiger partial charge >= 0.3 is 0 Å². The second kappa shape index (κ2) is 6.25. The monoisotopic (exact) mass is 300 g/mol. The number of hydrogen-bond acceptors (Lipinski definition) is 1. The van der Waals surface area contributed by atoms with E-state index in [0.717, 1.165) is 35.6 Å². The van der Waals surface area contributed by atoms with Crippen molar-refractivity contribution in [3.05, 3.63) is 72.6 Å². The van der Waals surface area contributed by atoms with E-state index in [4.69, 9.17) is 4.98 Å². The molecule has 0 spiro atoms. The van der Waals surface area contributed by atoms with E-state index in [1.165, 1.54) is 24.0 Å². The molecule has 1 aromatic heterocycles. The number of imidazole rings is 1. The first-order valence-corrected chi connectivity index (χ1v) is 8.32. The standard InChI is InChI=1S/C21H20N2/c1-4-10-16(11-5-1)19-20(17-12-6-2-7-13-17)23-21(22-19)18-14-8-3-9-15-18/h1-2,4-7,10-14H,3,8-9,15H2,(H,22,23). The zero-order valence-corrected chi connectivity index (χ0v) is 13.1. The SMILES string of the molecule is C1=C(c2nc(-c3ccccc3)c(-c3ccccc3)[nH]2)CCCC1. The minimum atomic E-state index is 1.03. The van der Waals surface area contributed by atoms with Gasteiger partial charge in [-0.3, -0.25) is 0 Å². The van der Waals surface area contributed by atoms with Gasteiger partial charge in [0.25, 0.3) is 0 Å². The molecule has 0 atom stereocenters. The summed E-state index contributed by atoms with van der Waals surface area (Å²) in [6, 6.07) is 20.9. The van der Waals surface area contributed by atoms with E-state index < -0.39 is 0 Å². The maximum Gasteiger partial charge on any atom is 0.134 e. The number of aromatic amines is 1. The van der Waals surface area contributed by atoms with Crippen molar-refractivity contribution in [2.75, 3.05) is 0 Å². The van der Waals surface area contributed by atoms with Crippen molar-refractivity contribution in [1.82, 2.24) is 9.97 Å². The third-order valence-corrected chi connectivity index (χ3v) is 4.41. The second-order valence-electron chi connectivity index (χ2n) is 6.02. The highest BCUT2D eigenvalue weighted by molar-refractivity contribution is 5.80. The van der Waals surface area contributed by atoms with Gasteiger partial charge in [-0.05, 0) is 31.3 Å². The molecule has 2 heteroatoms. The van der Waals surface area contributed by atoms with Crippen LogP contribution in [0.3, 0.4) is 0 Å². The summed E-state index contributed by atoms with van der Waals surface area (Å²) >= 11 is 0. The van der Waals surface area contributed by atoms with E-state index in [-0.39, 0.29) is 0 Å². The fourth-order valence-corrected chi connectivity index (χ4v) is 3.20. The van der Waals surface area contributed by atoms with Crippen molar-refractivity contribution in [3.8, 4) is 22.5 Å². The molecule has 0 amide bonds. The van der Waals surface area contributed by atoms with Crippen LogP contribution in [0.4, 0.5) is 0 Å². The summed E-state index contributed by atoms with van der Waals surface area (Å²) in [5.41, 5.74) is 5.85. The number of hydrogen-bond donors (Lipinski definition) is 1. The Labute approximate surface area is 136 Å². The lowest BCUT2D eigenvalue weighted by Crippen LogP contribution is -1.93. The molecule has 0 radical (unpaired) electrons. The molecule has 1 heterocycles. The van der Waals surface area contributed by atoms with Crippen molar-refractivity contribution in [2.24, 2.45) is 0 Å². The van der Waals surface area contributed by atoms with Gasteiger partial charge in [-0.2, -0.15) is 0 Å². The first kappa shape index (κ1) is 14.0. The Balaban J connectivity index is 1.86. The van der Waals surface area contributed by atoms with Gasteiger partial charge in [0.15, 0.2) is 0 Å². The van der Waals surface area contributed by atoms with Gasteiger partial charge < -0.3 is 4.98 Å². The molecule has 114 valence electrons. The number of nitrogens with one attached hydrogen (secondary N) is 1. The van der Waals surface area contributed by atoms with Crippen LogP contribution in [-0.2, 0) is 0 Å². The molecule has 2 aromatic carbocycles. The molecule has 23 heavy (non-hydrogen) atoms. The number of benzene rings is 2. The summed E-state index contributed by atoms with van der Waals surface area (Å²) in [6.07, 6.45) is 7.17. The number of nitrogens with zero attached hydrogens (tertiary/aromatic N) is 1. The van der Waals surface area contributed by atoms with Crippen molar-refractivity contribution >= 4 is 5.57 Å². The van der Waals surface area contributed by atoms with Crippen molar-refractivity contribution < 1.29 is 0 Å². The molecule has 0 unspecified atom stereocenters. The van der Waals surface area contributed by atoms with Crippen LogP contribution in [0, 0.1) is 0 Å². The van der Waals surface area contributed by atoms with Gasteiger partial charge in [-0.25, -0.2) is 4.98 Å². The summed E-state index contributed by atoms with van der Waals surface area (Å²) in [6.45, 7) is 0. The van der Waals surface area contributed by atoms with Crippen LogP contribution in [-0.4, -0.2) is 9.97 Å². The number of H-pyrrole nitrogens is 1. The first-order chi connectivity index (χ1) is 11.4. The molecule has 1 aliphatic rings. The Morgan fingerprint density at radius 2 is 1.48 bits per heavy atom. The highest BCUT2D eigenvalue weighted by Crippen LogP contribution is 2.33. The minimum Gasteiger partial charge on any atom is -0.338 e. The Morgan fingerprint density at radius 1 is 0.783 bits per heavy atom. The predicted molar refractivity (Wildman–Crippen MR) is 95.9 cm³/mol. The van der Waals surface area contributed by atoms with E-state index in [2.05, 4.69) is 59.6 Å². The zero-order valence-electron chi connectivity index (χ0n) is 13.1. The predicted octanol–water partition coefficient (Wildman–Crippen LogP) is 5.70. The lowest BCUT2D eigenvalue weighted by Gasteiger charge is -2.09. The molecule has 4 rings (SSSR count). The number of rotatable bonds is 3. The van der Waals surface area contributed by atoms with Gasteiger partial charge in [0, 0.05) is 11.1 Å². The average molecular weight is 300 g/mol. The molecule has 2 nitrogen and oxygen atoms in total.